The molecule has 0 bridgehead atoms. The number of hydrogen-bond acceptors (Lipinski definition) is 4. The van der Waals surface area contributed by atoms with E-state index in [0.29, 0.717) is 13.2 Å². The first kappa shape index (κ1) is 7.50. The first-order valence-electron chi connectivity index (χ1n) is 3.09. The van der Waals surface area contributed by atoms with Crippen molar-refractivity contribution in [1.29, 1.82) is 0 Å². The molecule has 0 N–H and O–H groups in total. The first-order chi connectivity index (χ1) is 4.83. The average Bonchev–Trinajstić information content (AvgIpc) is 1.95. The Bertz CT molecular complexity index is 113. The molecule has 1 aliphatic rings. The van der Waals surface area contributed by atoms with Gasteiger partial charge < -0.3 is 14.2 Å². The predicted molar refractivity (Wildman–Crippen MR) is 32.6 cm³/mol. The fourth-order valence-electron chi connectivity index (χ4n) is 0.744. The number of carbonyl (C=O) groups excluding carboxylic acids is 1. The van der Waals surface area contributed by atoms with Crippen LogP contribution in [0.2, 0.25) is 0 Å². The van der Waals surface area contributed by atoms with E-state index in [1.807, 2.05) is 0 Å². The highest BCUT2D eigenvalue weighted by Gasteiger charge is 2.19. The predicted octanol–water partition coefficient (Wildman–Crippen LogP) is -0.425. The lowest BCUT2D eigenvalue weighted by atomic mass is 10.4. The Labute approximate surface area is 59.1 Å². The van der Waals surface area contributed by atoms with E-state index >= 15 is 0 Å². The SMILES string of the molecule is COCC1COC(=O)CO1. The number of carbonyl (C=O) groups is 1. The van der Waals surface area contributed by atoms with Crippen molar-refractivity contribution in [2.24, 2.45) is 0 Å². The summed E-state index contributed by atoms with van der Waals surface area (Å²) in [6.45, 7) is 0.841. The lowest BCUT2D eigenvalue weighted by molar-refractivity contribution is -0.171. The second-order valence-corrected chi connectivity index (χ2v) is 2.07. The van der Waals surface area contributed by atoms with E-state index < -0.39 is 0 Å². The number of esters is 1. The van der Waals surface area contributed by atoms with Gasteiger partial charge in [0.1, 0.15) is 19.3 Å². The Kier molecular flexibility index (Phi) is 2.65. The van der Waals surface area contributed by atoms with Gasteiger partial charge in [-0.1, -0.05) is 0 Å². The summed E-state index contributed by atoms with van der Waals surface area (Å²) in [6.07, 6.45) is -0.0808. The van der Waals surface area contributed by atoms with Gasteiger partial charge in [0.25, 0.3) is 0 Å². The van der Waals surface area contributed by atoms with E-state index in [9.17, 15) is 4.79 Å². The van der Waals surface area contributed by atoms with Gasteiger partial charge in [-0.25, -0.2) is 4.79 Å². The van der Waals surface area contributed by atoms with E-state index in [-0.39, 0.29) is 18.7 Å². The van der Waals surface area contributed by atoms with E-state index in [1.165, 1.54) is 0 Å². The van der Waals surface area contributed by atoms with Crippen LogP contribution in [0.3, 0.4) is 0 Å². The van der Waals surface area contributed by atoms with Crippen LogP contribution in [0.1, 0.15) is 0 Å². The molecule has 0 aromatic rings. The summed E-state index contributed by atoms with van der Waals surface area (Å²) in [4.78, 5) is 10.4. The van der Waals surface area contributed by atoms with Gasteiger partial charge in [0.05, 0.1) is 6.61 Å². The van der Waals surface area contributed by atoms with E-state index in [4.69, 9.17) is 14.2 Å². The molecule has 1 heterocycles. The summed E-state index contributed by atoms with van der Waals surface area (Å²) in [5.74, 6) is -0.299. The van der Waals surface area contributed by atoms with Crippen molar-refractivity contribution in [3.8, 4) is 0 Å². The topological polar surface area (TPSA) is 44.8 Å². The highest BCUT2D eigenvalue weighted by molar-refractivity contribution is 5.71. The fourth-order valence-corrected chi connectivity index (χ4v) is 0.744. The number of ether oxygens (including phenoxy) is 3. The van der Waals surface area contributed by atoms with Crippen LogP contribution in [0.15, 0.2) is 0 Å². The van der Waals surface area contributed by atoms with Gasteiger partial charge in [-0.3, -0.25) is 0 Å². The summed E-state index contributed by atoms with van der Waals surface area (Å²) >= 11 is 0. The molecule has 0 saturated carbocycles. The van der Waals surface area contributed by atoms with Crippen LogP contribution in [0.25, 0.3) is 0 Å². The van der Waals surface area contributed by atoms with Gasteiger partial charge in [-0.15, -0.1) is 0 Å². The van der Waals surface area contributed by atoms with Crippen molar-refractivity contribution in [2.75, 3.05) is 26.9 Å². The largest absolute Gasteiger partial charge is 0.461 e. The third kappa shape index (κ3) is 1.97. The van der Waals surface area contributed by atoms with Crippen molar-refractivity contribution in [3.05, 3.63) is 0 Å². The fraction of sp³-hybridized carbons (Fsp3) is 0.833. The second-order valence-electron chi connectivity index (χ2n) is 2.07. The smallest absolute Gasteiger partial charge is 0.332 e. The molecule has 1 fully saturated rings. The highest BCUT2D eigenvalue weighted by Crippen LogP contribution is 2.01. The molecule has 10 heavy (non-hydrogen) atoms. The summed E-state index contributed by atoms with van der Waals surface area (Å²) in [5, 5.41) is 0. The minimum atomic E-state index is -0.299. The second kappa shape index (κ2) is 3.53. The molecule has 1 atom stereocenters. The van der Waals surface area contributed by atoms with Crippen molar-refractivity contribution in [3.63, 3.8) is 0 Å². The molecule has 1 aliphatic heterocycles. The average molecular weight is 146 g/mol. The van der Waals surface area contributed by atoms with Crippen LogP contribution in [-0.4, -0.2) is 39.0 Å². The van der Waals surface area contributed by atoms with Crippen LogP contribution in [0, 0.1) is 0 Å². The molecule has 1 rings (SSSR count). The van der Waals surface area contributed by atoms with Crippen molar-refractivity contribution in [1.82, 2.24) is 0 Å². The maximum atomic E-state index is 10.4. The Morgan fingerprint density at radius 2 is 2.60 bits per heavy atom. The Hall–Kier alpha value is -0.610. The maximum absolute atomic E-state index is 10.4. The maximum Gasteiger partial charge on any atom is 0.332 e. The molecular formula is C6H10O4. The van der Waals surface area contributed by atoms with Gasteiger partial charge in [0.15, 0.2) is 0 Å². The molecule has 0 aromatic heterocycles. The van der Waals surface area contributed by atoms with Gasteiger partial charge in [-0.05, 0) is 0 Å². The van der Waals surface area contributed by atoms with Gasteiger partial charge in [-0.2, -0.15) is 0 Å². The molecule has 0 radical (unpaired) electrons. The Morgan fingerprint density at radius 3 is 3.10 bits per heavy atom. The van der Waals surface area contributed by atoms with Crippen LogP contribution >= 0.6 is 0 Å². The van der Waals surface area contributed by atoms with Crippen LogP contribution in [0.5, 0.6) is 0 Å². The zero-order valence-corrected chi connectivity index (χ0v) is 5.83. The standard InChI is InChI=1S/C6H10O4/c1-8-2-5-3-10-6(7)4-9-5/h5H,2-4H2,1H3. The molecule has 58 valence electrons. The molecule has 1 unspecified atom stereocenters. The molecule has 0 amide bonds. The van der Waals surface area contributed by atoms with Gasteiger partial charge in [0, 0.05) is 7.11 Å². The van der Waals surface area contributed by atoms with Crippen LogP contribution < -0.4 is 0 Å². The third-order valence-corrected chi connectivity index (χ3v) is 1.22. The third-order valence-electron chi connectivity index (χ3n) is 1.22. The van der Waals surface area contributed by atoms with E-state index in [1.54, 1.807) is 7.11 Å². The lowest BCUT2D eigenvalue weighted by Gasteiger charge is -2.21. The van der Waals surface area contributed by atoms with Gasteiger partial charge in [0.2, 0.25) is 0 Å². The molecule has 0 aromatic carbocycles. The Balaban J connectivity index is 2.19. The molecule has 4 nitrogen and oxygen atoms in total. The zero-order chi connectivity index (χ0) is 7.40. The lowest BCUT2D eigenvalue weighted by Crippen LogP contribution is -2.35. The monoisotopic (exact) mass is 146 g/mol. The van der Waals surface area contributed by atoms with Crippen LogP contribution in [-0.2, 0) is 19.0 Å². The normalized spacial score (nSPS) is 26.1. The number of rotatable bonds is 2. The summed E-state index contributed by atoms with van der Waals surface area (Å²) in [5.41, 5.74) is 0. The number of methoxy groups -OCH3 is 1. The zero-order valence-electron chi connectivity index (χ0n) is 5.83. The molecular weight excluding hydrogens is 136 g/mol. The quantitative estimate of drug-likeness (QED) is 0.496. The summed E-state index contributed by atoms with van der Waals surface area (Å²) in [6, 6.07) is 0. The molecule has 0 spiro atoms. The van der Waals surface area contributed by atoms with Crippen molar-refractivity contribution >= 4 is 5.97 Å². The summed E-state index contributed by atoms with van der Waals surface area (Å²) in [7, 11) is 1.58. The van der Waals surface area contributed by atoms with Crippen LogP contribution in [0.4, 0.5) is 0 Å². The Morgan fingerprint density at radius 1 is 1.80 bits per heavy atom. The number of hydrogen-bond donors (Lipinski definition) is 0. The summed E-state index contributed by atoms with van der Waals surface area (Å²) < 4.78 is 14.5. The highest BCUT2D eigenvalue weighted by atomic mass is 16.6. The molecule has 4 heteroatoms. The first-order valence-corrected chi connectivity index (χ1v) is 3.09. The van der Waals surface area contributed by atoms with Gasteiger partial charge >= 0.3 is 5.97 Å². The molecule has 0 aliphatic carbocycles. The minimum absolute atomic E-state index is 0.0496. The molecule has 1 saturated heterocycles. The van der Waals surface area contributed by atoms with Crippen molar-refractivity contribution < 1.29 is 19.0 Å². The van der Waals surface area contributed by atoms with E-state index in [0.717, 1.165) is 0 Å². The minimum Gasteiger partial charge on any atom is -0.461 e. The van der Waals surface area contributed by atoms with E-state index in [2.05, 4.69) is 0 Å². The number of cyclic esters (lactones) is 1. The van der Waals surface area contributed by atoms with Crippen molar-refractivity contribution in [2.45, 2.75) is 6.10 Å².